The Balaban J connectivity index is 4.20. The smallest absolute Gasteiger partial charge is 0.0675 e. The molecule has 0 saturated heterocycles. The molecule has 0 saturated carbocycles. The second kappa shape index (κ2) is 6.12. The van der Waals surface area contributed by atoms with Crippen LogP contribution in [0.15, 0.2) is 29.8 Å². The molecule has 0 rings (SSSR count). The van der Waals surface area contributed by atoms with Crippen LogP contribution in [0.2, 0.25) is 0 Å². The number of nitrogens with zero attached hydrogens (tertiary/aromatic N) is 4. The fraction of sp³-hybridized carbons (Fsp3) is 0.429. The van der Waals surface area contributed by atoms with Gasteiger partial charge in [-0.3, -0.25) is 0 Å². The molecule has 66 valence electrons. The third-order valence-corrected chi connectivity index (χ3v) is 1.24. The van der Waals surface area contributed by atoms with Crippen molar-refractivity contribution in [2.24, 2.45) is 5.11 Å². The van der Waals surface area contributed by atoms with Crippen molar-refractivity contribution >= 4 is 0 Å². The van der Waals surface area contributed by atoms with Gasteiger partial charge >= 0.3 is 0 Å². The summed E-state index contributed by atoms with van der Waals surface area (Å²) in [6.45, 7) is 3.83. The molecule has 0 heterocycles. The van der Waals surface area contributed by atoms with Crippen LogP contribution in [0.25, 0.3) is 10.4 Å². The van der Waals surface area contributed by atoms with Gasteiger partial charge in [-0.05, 0) is 11.7 Å². The summed E-state index contributed by atoms with van der Waals surface area (Å²) in [5, 5.41) is 6.26. The largest absolute Gasteiger partial charge is 0.380 e. The molecule has 0 spiro atoms. The zero-order chi connectivity index (χ0) is 9.40. The van der Waals surface area contributed by atoms with Crippen molar-refractivity contribution in [3.8, 4) is 0 Å². The number of azide groups is 1. The van der Waals surface area contributed by atoms with Gasteiger partial charge in [-0.2, -0.15) is 0 Å². The highest BCUT2D eigenvalue weighted by Gasteiger charge is 1.95. The second-order valence-electron chi connectivity index (χ2n) is 2.29. The molecule has 0 aromatic rings. The molecule has 5 nitrogen and oxygen atoms in total. The highest BCUT2D eigenvalue weighted by Crippen LogP contribution is 1.97. The third-order valence-electron chi connectivity index (χ3n) is 1.24. The second-order valence-corrected chi connectivity index (χ2v) is 2.29. The molecule has 12 heavy (non-hydrogen) atoms. The Hall–Kier alpha value is -1.61. The lowest BCUT2D eigenvalue weighted by Gasteiger charge is -2.14. The highest BCUT2D eigenvalue weighted by atomic mass is 15.2. The van der Waals surface area contributed by atoms with Gasteiger partial charge in [-0.25, -0.2) is 0 Å². The molecule has 5 heteroatoms. The van der Waals surface area contributed by atoms with Crippen LogP contribution < -0.4 is 5.32 Å². The van der Waals surface area contributed by atoms with Crippen molar-refractivity contribution < 1.29 is 0 Å². The van der Waals surface area contributed by atoms with E-state index < -0.39 is 0 Å². The lowest BCUT2D eigenvalue weighted by Crippen LogP contribution is -2.15. The predicted molar refractivity (Wildman–Crippen MR) is 49.1 cm³/mol. The molecule has 0 amide bonds. The van der Waals surface area contributed by atoms with E-state index in [-0.39, 0.29) is 0 Å². The Kier molecular flexibility index (Phi) is 5.30. The van der Waals surface area contributed by atoms with Gasteiger partial charge in [0.2, 0.25) is 0 Å². The van der Waals surface area contributed by atoms with Crippen LogP contribution >= 0.6 is 0 Å². The Labute approximate surface area is 72.0 Å². The van der Waals surface area contributed by atoms with Crippen molar-refractivity contribution in [1.82, 2.24) is 10.2 Å². The lowest BCUT2D eigenvalue weighted by molar-refractivity contribution is 0.498. The van der Waals surface area contributed by atoms with Crippen LogP contribution in [0.4, 0.5) is 0 Å². The number of nitrogens with one attached hydrogen (secondary N) is 1. The van der Waals surface area contributed by atoms with Gasteiger partial charge in [0.05, 0.1) is 6.54 Å². The predicted octanol–water partition coefficient (Wildman–Crippen LogP) is 1.43. The quantitative estimate of drug-likeness (QED) is 0.382. The van der Waals surface area contributed by atoms with Crippen LogP contribution in [0.3, 0.4) is 0 Å². The summed E-state index contributed by atoms with van der Waals surface area (Å²) < 4.78 is 0. The molecular weight excluding hydrogens is 154 g/mol. The summed E-state index contributed by atoms with van der Waals surface area (Å²) in [4.78, 5) is 4.54. The molecule has 0 aromatic heterocycles. The molecule has 0 unspecified atom stereocenters. The van der Waals surface area contributed by atoms with Crippen LogP contribution in [0.5, 0.6) is 0 Å². The monoisotopic (exact) mass is 167 g/mol. The van der Waals surface area contributed by atoms with Crippen LogP contribution in [-0.2, 0) is 0 Å². The summed E-state index contributed by atoms with van der Waals surface area (Å²) in [6, 6.07) is 0. The van der Waals surface area contributed by atoms with E-state index in [9.17, 15) is 0 Å². The Morgan fingerprint density at radius 3 is 2.83 bits per heavy atom. The molecule has 0 aliphatic carbocycles. The molecular formula is C7H13N5. The van der Waals surface area contributed by atoms with Crippen LogP contribution in [0, 0.1) is 0 Å². The average Bonchev–Trinajstić information content (AvgIpc) is 2.04. The summed E-state index contributed by atoms with van der Waals surface area (Å²) in [5.74, 6) is 0. The molecule has 0 aromatic carbocycles. The minimum atomic E-state index is 0.338. The van der Waals surface area contributed by atoms with E-state index in [2.05, 4.69) is 21.9 Å². The third kappa shape index (κ3) is 4.24. The zero-order valence-corrected chi connectivity index (χ0v) is 7.36. The van der Waals surface area contributed by atoms with Gasteiger partial charge in [0.25, 0.3) is 0 Å². The lowest BCUT2D eigenvalue weighted by atomic mass is 10.4. The van der Waals surface area contributed by atoms with Gasteiger partial charge in [0, 0.05) is 30.9 Å². The van der Waals surface area contributed by atoms with E-state index in [1.807, 2.05) is 19.0 Å². The Bertz CT molecular complexity index is 212. The van der Waals surface area contributed by atoms with Gasteiger partial charge in [0.15, 0.2) is 0 Å². The van der Waals surface area contributed by atoms with E-state index >= 15 is 0 Å². The molecule has 0 radical (unpaired) electrons. The number of hydrogen-bond donors (Lipinski definition) is 1. The minimum absolute atomic E-state index is 0.338. The topological polar surface area (TPSA) is 64.0 Å². The van der Waals surface area contributed by atoms with E-state index in [0.717, 1.165) is 5.70 Å². The maximum absolute atomic E-state index is 8.09. The molecule has 0 fully saturated rings. The van der Waals surface area contributed by atoms with Gasteiger partial charge < -0.3 is 10.2 Å². The Morgan fingerprint density at radius 2 is 2.42 bits per heavy atom. The number of likely N-dealkylation sites (N-methyl/N-ethyl adjacent to an activating group) is 1. The van der Waals surface area contributed by atoms with Gasteiger partial charge in [-0.1, -0.05) is 11.7 Å². The maximum atomic E-state index is 8.09. The average molecular weight is 167 g/mol. The summed E-state index contributed by atoms with van der Waals surface area (Å²) in [5.41, 5.74) is 8.99. The van der Waals surface area contributed by atoms with Crippen LogP contribution in [-0.4, -0.2) is 25.5 Å². The van der Waals surface area contributed by atoms with E-state index in [1.54, 1.807) is 12.4 Å². The highest BCUT2D eigenvalue weighted by molar-refractivity contribution is 5.01. The summed E-state index contributed by atoms with van der Waals surface area (Å²) in [7, 11) is 3.76. The molecule has 0 atom stereocenters. The summed E-state index contributed by atoms with van der Waals surface area (Å²) in [6.07, 6.45) is 3.29. The van der Waals surface area contributed by atoms with Crippen LogP contribution in [0.1, 0.15) is 0 Å². The number of rotatable bonds is 5. The zero-order valence-electron chi connectivity index (χ0n) is 7.36. The molecule has 1 N–H and O–H groups in total. The van der Waals surface area contributed by atoms with Gasteiger partial charge in [0.1, 0.15) is 0 Å². The summed E-state index contributed by atoms with van der Waals surface area (Å²) >= 11 is 0. The van der Waals surface area contributed by atoms with E-state index in [1.165, 1.54) is 0 Å². The first-order chi connectivity index (χ1) is 5.72. The SMILES string of the molecule is C=CN/C=C(/CN=[N+]=[N-])N(C)C. The molecule has 0 aliphatic heterocycles. The standard InChI is InChI=1S/C7H13N5/c1-4-9-5-7(12(2)3)6-10-11-8/h4-5,9H,1,6H2,2-3H3/b7-5-. The number of hydrogen-bond acceptors (Lipinski definition) is 3. The Morgan fingerprint density at radius 1 is 1.75 bits per heavy atom. The van der Waals surface area contributed by atoms with Crippen molar-refractivity contribution in [3.05, 3.63) is 35.1 Å². The first-order valence-corrected chi connectivity index (χ1v) is 3.46. The molecule has 0 aliphatic rings. The van der Waals surface area contributed by atoms with Crippen molar-refractivity contribution in [2.45, 2.75) is 0 Å². The van der Waals surface area contributed by atoms with E-state index in [4.69, 9.17) is 5.53 Å². The molecule has 0 bridgehead atoms. The fourth-order valence-corrected chi connectivity index (χ4v) is 0.575. The van der Waals surface area contributed by atoms with Gasteiger partial charge in [-0.15, -0.1) is 0 Å². The first-order valence-electron chi connectivity index (χ1n) is 3.46. The normalized spacial score (nSPS) is 10.0. The van der Waals surface area contributed by atoms with Crippen molar-refractivity contribution in [1.29, 1.82) is 0 Å². The van der Waals surface area contributed by atoms with Crippen molar-refractivity contribution in [2.75, 3.05) is 20.6 Å². The first kappa shape index (κ1) is 10.4. The van der Waals surface area contributed by atoms with Crippen molar-refractivity contribution in [3.63, 3.8) is 0 Å². The maximum Gasteiger partial charge on any atom is 0.0675 e. The fourth-order valence-electron chi connectivity index (χ4n) is 0.575. The van der Waals surface area contributed by atoms with E-state index in [0.29, 0.717) is 6.54 Å². The minimum Gasteiger partial charge on any atom is -0.380 e.